The van der Waals surface area contributed by atoms with Gasteiger partial charge in [-0.05, 0) is 48.9 Å². The summed E-state index contributed by atoms with van der Waals surface area (Å²) < 4.78 is 30.9. The van der Waals surface area contributed by atoms with Crippen LogP contribution in [0.15, 0.2) is 53.4 Å². The number of hydrogen-bond acceptors (Lipinski definition) is 5. The largest absolute Gasteiger partial charge is 0.494 e. The highest BCUT2D eigenvalue weighted by atomic mass is 32.2. The van der Waals surface area contributed by atoms with Crippen molar-refractivity contribution in [2.45, 2.75) is 25.2 Å². The molecule has 0 aromatic heterocycles. The van der Waals surface area contributed by atoms with Gasteiger partial charge in [-0.25, -0.2) is 13.1 Å². The second-order valence-corrected chi connectivity index (χ2v) is 7.17. The first-order chi connectivity index (χ1) is 12.3. The third kappa shape index (κ3) is 5.59. The molecule has 8 heteroatoms. The van der Waals surface area contributed by atoms with Crippen LogP contribution in [0, 0.1) is 0 Å². The van der Waals surface area contributed by atoms with Crippen molar-refractivity contribution in [2.24, 2.45) is 0 Å². The van der Waals surface area contributed by atoms with Crippen LogP contribution in [-0.2, 0) is 26.0 Å². The molecule has 26 heavy (non-hydrogen) atoms. The van der Waals surface area contributed by atoms with Crippen LogP contribution in [0.2, 0.25) is 0 Å². The molecule has 2 amide bonds. The Morgan fingerprint density at radius 2 is 1.62 bits per heavy atom. The molecular formula is C18H20N2O5S. The van der Waals surface area contributed by atoms with Crippen LogP contribution in [-0.4, -0.2) is 26.8 Å². The fourth-order valence-electron chi connectivity index (χ4n) is 2.23. The fraction of sp³-hybridized carbons (Fsp3) is 0.222. The zero-order valence-corrected chi connectivity index (χ0v) is 15.3. The van der Waals surface area contributed by atoms with Crippen LogP contribution >= 0.6 is 0 Å². The summed E-state index contributed by atoms with van der Waals surface area (Å²) in [6, 6.07) is 12.8. The molecular weight excluding hydrogens is 356 g/mol. The van der Waals surface area contributed by atoms with E-state index in [-0.39, 0.29) is 17.2 Å². The van der Waals surface area contributed by atoms with E-state index in [9.17, 15) is 18.0 Å². The predicted molar refractivity (Wildman–Crippen MR) is 97.4 cm³/mol. The molecule has 0 heterocycles. The second-order valence-electron chi connectivity index (χ2n) is 5.49. The van der Waals surface area contributed by atoms with E-state index in [1.54, 1.807) is 12.1 Å². The zero-order chi connectivity index (χ0) is 19.2. The Hall–Kier alpha value is -2.87. The van der Waals surface area contributed by atoms with E-state index in [0.29, 0.717) is 12.3 Å². The lowest BCUT2D eigenvalue weighted by atomic mass is 10.1. The third-order valence-electron chi connectivity index (χ3n) is 3.33. The molecule has 2 aromatic carbocycles. The van der Waals surface area contributed by atoms with E-state index in [2.05, 4.69) is 5.32 Å². The number of anilines is 1. The first-order valence-electron chi connectivity index (χ1n) is 7.95. The molecule has 0 saturated carbocycles. The lowest BCUT2D eigenvalue weighted by Gasteiger charge is -2.08. The number of benzene rings is 2. The van der Waals surface area contributed by atoms with Gasteiger partial charge in [-0.3, -0.25) is 9.59 Å². The molecule has 2 N–H and O–H groups in total. The van der Waals surface area contributed by atoms with Gasteiger partial charge in [0.05, 0.1) is 17.9 Å². The average molecular weight is 376 g/mol. The summed E-state index contributed by atoms with van der Waals surface area (Å²) in [5.74, 6) is -0.156. The topological polar surface area (TPSA) is 102 Å². The minimum absolute atomic E-state index is 0.0581. The van der Waals surface area contributed by atoms with E-state index in [4.69, 9.17) is 4.74 Å². The molecule has 0 aliphatic rings. The number of rotatable bonds is 7. The molecule has 0 bridgehead atoms. The fourth-order valence-corrected chi connectivity index (χ4v) is 3.22. The SMILES string of the molecule is CCOc1ccc(CC(=O)Nc2ccc(S(=O)(=O)NC(C)=O)cc2)cc1. The van der Waals surface area contributed by atoms with Crippen molar-refractivity contribution in [1.82, 2.24) is 4.72 Å². The maximum absolute atomic E-state index is 12.1. The van der Waals surface area contributed by atoms with Crippen LogP contribution < -0.4 is 14.8 Å². The average Bonchev–Trinajstić information content (AvgIpc) is 2.56. The van der Waals surface area contributed by atoms with Gasteiger partial charge < -0.3 is 10.1 Å². The van der Waals surface area contributed by atoms with Crippen LogP contribution in [0.4, 0.5) is 5.69 Å². The first-order valence-corrected chi connectivity index (χ1v) is 9.43. The molecule has 138 valence electrons. The van der Waals surface area contributed by atoms with Gasteiger partial charge in [0.15, 0.2) is 0 Å². The zero-order valence-electron chi connectivity index (χ0n) is 14.5. The lowest BCUT2D eigenvalue weighted by molar-refractivity contribution is -0.117. The van der Waals surface area contributed by atoms with Crippen LogP contribution in [0.5, 0.6) is 5.75 Å². The summed E-state index contributed by atoms with van der Waals surface area (Å²) in [6.07, 6.45) is 0.179. The number of hydrogen-bond donors (Lipinski definition) is 2. The van der Waals surface area contributed by atoms with Gasteiger partial charge in [-0.2, -0.15) is 0 Å². The molecule has 0 fully saturated rings. The molecule has 2 rings (SSSR count). The highest BCUT2D eigenvalue weighted by Gasteiger charge is 2.15. The number of nitrogens with one attached hydrogen (secondary N) is 2. The standard InChI is InChI=1S/C18H20N2O5S/c1-3-25-16-8-4-14(5-9-16)12-18(22)19-15-6-10-17(11-7-15)26(23,24)20-13(2)21/h4-11H,3,12H2,1-2H3,(H,19,22)(H,20,21). The van der Waals surface area contributed by atoms with Gasteiger partial charge in [0.2, 0.25) is 11.8 Å². The normalized spacial score (nSPS) is 10.8. The number of sulfonamides is 1. The molecule has 0 radical (unpaired) electrons. The Morgan fingerprint density at radius 3 is 2.15 bits per heavy atom. The minimum Gasteiger partial charge on any atom is -0.494 e. The molecule has 2 aromatic rings. The predicted octanol–water partition coefficient (Wildman–Crippen LogP) is 2.09. The van der Waals surface area contributed by atoms with Crippen molar-refractivity contribution in [3.63, 3.8) is 0 Å². The van der Waals surface area contributed by atoms with Crippen molar-refractivity contribution >= 4 is 27.5 Å². The summed E-state index contributed by atoms with van der Waals surface area (Å²) >= 11 is 0. The molecule has 0 atom stereocenters. The maximum Gasteiger partial charge on any atom is 0.264 e. The molecule has 0 saturated heterocycles. The second kappa shape index (κ2) is 8.48. The minimum atomic E-state index is -3.89. The third-order valence-corrected chi connectivity index (χ3v) is 4.77. The lowest BCUT2D eigenvalue weighted by Crippen LogP contribution is -2.28. The summed E-state index contributed by atoms with van der Waals surface area (Å²) in [5, 5.41) is 2.70. The Kier molecular flexibility index (Phi) is 6.35. The number of amides is 2. The van der Waals surface area contributed by atoms with E-state index in [0.717, 1.165) is 18.2 Å². The van der Waals surface area contributed by atoms with Crippen molar-refractivity contribution < 1.29 is 22.7 Å². The van der Waals surface area contributed by atoms with Gasteiger partial charge in [-0.15, -0.1) is 0 Å². The monoisotopic (exact) mass is 376 g/mol. The summed E-state index contributed by atoms with van der Waals surface area (Å²) in [7, 11) is -3.89. The van der Waals surface area contributed by atoms with Crippen molar-refractivity contribution in [1.29, 1.82) is 0 Å². The summed E-state index contributed by atoms with van der Waals surface area (Å²) in [4.78, 5) is 23.0. The van der Waals surface area contributed by atoms with E-state index in [1.807, 2.05) is 23.8 Å². The smallest absolute Gasteiger partial charge is 0.264 e. The molecule has 7 nitrogen and oxygen atoms in total. The van der Waals surface area contributed by atoms with Gasteiger partial charge in [0.25, 0.3) is 10.0 Å². The highest BCUT2D eigenvalue weighted by molar-refractivity contribution is 7.90. The molecule has 0 spiro atoms. The Bertz CT molecular complexity index is 875. The Labute approximate surface area is 152 Å². The van der Waals surface area contributed by atoms with E-state index < -0.39 is 15.9 Å². The van der Waals surface area contributed by atoms with Crippen molar-refractivity contribution in [2.75, 3.05) is 11.9 Å². The Morgan fingerprint density at radius 1 is 1.00 bits per heavy atom. The maximum atomic E-state index is 12.1. The summed E-state index contributed by atoms with van der Waals surface area (Å²) in [6.45, 7) is 3.59. The van der Waals surface area contributed by atoms with Gasteiger partial charge in [-0.1, -0.05) is 12.1 Å². The molecule has 0 aliphatic carbocycles. The Balaban J connectivity index is 1.98. The molecule has 0 unspecified atom stereocenters. The quantitative estimate of drug-likeness (QED) is 0.770. The van der Waals surface area contributed by atoms with Gasteiger partial charge >= 0.3 is 0 Å². The number of ether oxygens (including phenoxy) is 1. The van der Waals surface area contributed by atoms with E-state index in [1.165, 1.54) is 24.3 Å². The highest BCUT2D eigenvalue weighted by Crippen LogP contribution is 2.16. The van der Waals surface area contributed by atoms with Crippen LogP contribution in [0.3, 0.4) is 0 Å². The van der Waals surface area contributed by atoms with Gasteiger partial charge in [0, 0.05) is 12.6 Å². The summed E-state index contributed by atoms with van der Waals surface area (Å²) in [5.41, 5.74) is 1.29. The van der Waals surface area contributed by atoms with Crippen molar-refractivity contribution in [3.05, 3.63) is 54.1 Å². The van der Waals surface area contributed by atoms with E-state index >= 15 is 0 Å². The first kappa shape index (κ1) is 19.5. The number of carbonyl (C=O) groups is 2. The van der Waals surface area contributed by atoms with Crippen molar-refractivity contribution in [3.8, 4) is 5.75 Å². The van der Waals surface area contributed by atoms with Crippen LogP contribution in [0.25, 0.3) is 0 Å². The van der Waals surface area contributed by atoms with Crippen LogP contribution in [0.1, 0.15) is 19.4 Å². The number of carbonyl (C=O) groups excluding carboxylic acids is 2. The van der Waals surface area contributed by atoms with Gasteiger partial charge in [0.1, 0.15) is 5.75 Å². The molecule has 0 aliphatic heterocycles.